The standard InChI is InChI=1S/C11H16N2O4S2.ClH/c1-7-6-18-9(11(14)17-2)10(7)19(15,16)13-8-3-4-12-5-8;/h6,8,12-13H,3-5H2,1-2H3;1H. The van der Waals surface area contributed by atoms with Crippen LogP contribution in [0.15, 0.2) is 10.3 Å². The first kappa shape index (κ1) is 17.4. The molecule has 0 aromatic carbocycles. The van der Waals surface area contributed by atoms with E-state index in [2.05, 4.69) is 14.8 Å². The van der Waals surface area contributed by atoms with Crippen molar-refractivity contribution in [2.24, 2.45) is 0 Å². The van der Waals surface area contributed by atoms with Gasteiger partial charge in [0, 0.05) is 12.6 Å². The highest BCUT2D eigenvalue weighted by Crippen LogP contribution is 2.27. The molecule has 1 aromatic rings. The van der Waals surface area contributed by atoms with Crippen LogP contribution in [0.5, 0.6) is 0 Å². The minimum absolute atomic E-state index is 0. The van der Waals surface area contributed by atoms with Crippen LogP contribution in [0.2, 0.25) is 0 Å². The molecule has 1 aromatic heterocycles. The highest BCUT2D eigenvalue weighted by atomic mass is 35.5. The van der Waals surface area contributed by atoms with Crippen molar-refractivity contribution in [3.8, 4) is 0 Å². The van der Waals surface area contributed by atoms with Gasteiger partial charge in [-0.05, 0) is 30.8 Å². The minimum Gasteiger partial charge on any atom is -0.465 e. The Kier molecular flexibility index (Phi) is 5.96. The number of sulfonamides is 1. The van der Waals surface area contributed by atoms with Gasteiger partial charge in [0.2, 0.25) is 10.0 Å². The summed E-state index contributed by atoms with van der Waals surface area (Å²) in [6.45, 7) is 3.07. The first-order valence-electron chi connectivity index (χ1n) is 5.85. The smallest absolute Gasteiger partial charge is 0.349 e. The maximum absolute atomic E-state index is 12.4. The van der Waals surface area contributed by atoms with Crippen LogP contribution in [-0.4, -0.2) is 40.6 Å². The highest BCUT2D eigenvalue weighted by molar-refractivity contribution is 7.89. The molecule has 0 saturated carbocycles. The zero-order chi connectivity index (χ0) is 14.0. The predicted octanol–water partition coefficient (Wildman–Crippen LogP) is 0.905. The predicted molar refractivity (Wildman–Crippen MR) is 79.2 cm³/mol. The van der Waals surface area contributed by atoms with E-state index >= 15 is 0 Å². The van der Waals surface area contributed by atoms with Crippen LogP contribution in [0.4, 0.5) is 0 Å². The second-order valence-electron chi connectivity index (χ2n) is 4.38. The molecule has 1 aliphatic rings. The van der Waals surface area contributed by atoms with Crippen LogP contribution in [0.1, 0.15) is 21.7 Å². The van der Waals surface area contributed by atoms with E-state index in [0.717, 1.165) is 24.3 Å². The van der Waals surface area contributed by atoms with Gasteiger partial charge < -0.3 is 10.1 Å². The van der Waals surface area contributed by atoms with E-state index < -0.39 is 16.0 Å². The van der Waals surface area contributed by atoms with E-state index in [0.29, 0.717) is 12.1 Å². The molecule has 1 atom stereocenters. The summed E-state index contributed by atoms with van der Waals surface area (Å²) < 4.78 is 32.0. The normalized spacial score (nSPS) is 18.6. The van der Waals surface area contributed by atoms with E-state index in [-0.39, 0.29) is 28.2 Å². The van der Waals surface area contributed by atoms with E-state index in [4.69, 9.17) is 0 Å². The first-order chi connectivity index (χ1) is 8.95. The van der Waals surface area contributed by atoms with Crippen molar-refractivity contribution in [2.75, 3.05) is 20.2 Å². The summed E-state index contributed by atoms with van der Waals surface area (Å²) in [6, 6.07) is -0.130. The molecule has 1 unspecified atom stereocenters. The summed E-state index contributed by atoms with van der Waals surface area (Å²) in [5.74, 6) is -0.622. The lowest BCUT2D eigenvalue weighted by Gasteiger charge is -2.12. The van der Waals surface area contributed by atoms with E-state index in [9.17, 15) is 13.2 Å². The minimum atomic E-state index is -3.70. The van der Waals surface area contributed by atoms with Crippen LogP contribution in [0.25, 0.3) is 0 Å². The molecule has 2 rings (SSSR count). The molecule has 0 spiro atoms. The number of ether oxygens (including phenoxy) is 1. The summed E-state index contributed by atoms with van der Waals surface area (Å²) in [6.07, 6.45) is 0.746. The van der Waals surface area contributed by atoms with Crippen LogP contribution in [-0.2, 0) is 14.8 Å². The topological polar surface area (TPSA) is 84.5 Å². The molecule has 1 fully saturated rings. The molecule has 1 aliphatic heterocycles. The number of halogens is 1. The molecular formula is C11H17ClN2O4S2. The number of carbonyl (C=O) groups excluding carboxylic acids is 1. The molecule has 6 nitrogen and oxygen atoms in total. The van der Waals surface area contributed by atoms with Gasteiger partial charge in [0.15, 0.2) is 0 Å². The molecule has 0 aliphatic carbocycles. The largest absolute Gasteiger partial charge is 0.465 e. The molecule has 0 amide bonds. The number of rotatable bonds is 4. The molecule has 0 radical (unpaired) electrons. The van der Waals surface area contributed by atoms with E-state index in [1.807, 2.05) is 0 Å². The van der Waals surface area contributed by atoms with Gasteiger partial charge in [-0.2, -0.15) is 0 Å². The number of carbonyl (C=O) groups is 1. The average Bonchev–Trinajstić information content (AvgIpc) is 2.97. The van der Waals surface area contributed by atoms with Crippen LogP contribution in [0.3, 0.4) is 0 Å². The zero-order valence-corrected chi connectivity index (χ0v) is 13.6. The fraction of sp³-hybridized carbons (Fsp3) is 0.545. The Bertz CT molecular complexity index is 579. The summed E-state index contributed by atoms with van der Waals surface area (Å²) in [7, 11) is -2.46. The number of esters is 1. The first-order valence-corrected chi connectivity index (χ1v) is 8.21. The maximum atomic E-state index is 12.4. The third-order valence-corrected chi connectivity index (χ3v) is 5.85. The van der Waals surface area contributed by atoms with Gasteiger partial charge in [0.1, 0.15) is 9.77 Å². The summed E-state index contributed by atoms with van der Waals surface area (Å²) >= 11 is 1.08. The van der Waals surface area contributed by atoms with E-state index in [1.165, 1.54) is 7.11 Å². The molecule has 114 valence electrons. The Labute approximate surface area is 128 Å². The van der Waals surface area contributed by atoms with Crippen molar-refractivity contribution in [2.45, 2.75) is 24.3 Å². The highest BCUT2D eigenvalue weighted by Gasteiger charge is 2.30. The number of nitrogens with one attached hydrogen (secondary N) is 2. The van der Waals surface area contributed by atoms with Crippen LogP contribution in [0, 0.1) is 6.92 Å². The Morgan fingerprint density at radius 2 is 2.25 bits per heavy atom. The number of hydrogen-bond donors (Lipinski definition) is 2. The second-order valence-corrected chi connectivity index (χ2v) is 6.91. The molecule has 2 N–H and O–H groups in total. The summed E-state index contributed by atoms with van der Waals surface area (Å²) in [4.78, 5) is 11.8. The fourth-order valence-electron chi connectivity index (χ4n) is 2.03. The van der Waals surface area contributed by atoms with Crippen molar-refractivity contribution in [1.82, 2.24) is 10.0 Å². The van der Waals surface area contributed by atoms with Gasteiger partial charge in [0.25, 0.3) is 0 Å². The molecule has 9 heteroatoms. The second kappa shape index (κ2) is 6.86. The Morgan fingerprint density at radius 3 is 2.80 bits per heavy atom. The molecule has 20 heavy (non-hydrogen) atoms. The molecule has 2 heterocycles. The van der Waals surface area contributed by atoms with Crippen molar-refractivity contribution < 1.29 is 17.9 Å². The Morgan fingerprint density at radius 1 is 1.55 bits per heavy atom. The molecule has 0 bridgehead atoms. The van der Waals surface area contributed by atoms with E-state index in [1.54, 1.807) is 12.3 Å². The van der Waals surface area contributed by atoms with Crippen molar-refractivity contribution in [3.63, 3.8) is 0 Å². The number of hydrogen-bond acceptors (Lipinski definition) is 6. The number of aryl methyl sites for hydroxylation is 1. The van der Waals surface area contributed by atoms with Crippen LogP contribution >= 0.6 is 23.7 Å². The van der Waals surface area contributed by atoms with Crippen molar-refractivity contribution >= 4 is 39.7 Å². The lowest BCUT2D eigenvalue weighted by Crippen LogP contribution is -2.36. The zero-order valence-electron chi connectivity index (χ0n) is 11.1. The van der Waals surface area contributed by atoms with Gasteiger partial charge in [-0.25, -0.2) is 17.9 Å². The average molecular weight is 341 g/mol. The lowest BCUT2D eigenvalue weighted by molar-refractivity contribution is 0.0602. The van der Waals surface area contributed by atoms with Gasteiger partial charge in [0.05, 0.1) is 7.11 Å². The van der Waals surface area contributed by atoms with Crippen LogP contribution < -0.4 is 10.0 Å². The Balaban J connectivity index is 0.00000200. The third-order valence-electron chi connectivity index (χ3n) is 2.94. The van der Waals surface area contributed by atoms with Gasteiger partial charge in [-0.1, -0.05) is 0 Å². The molecule has 1 saturated heterocycles. The Hall–Kier alpha value is -0.670. The lowest BCUT2D eigenvalue weighted by atomic mass is 10.3. The fourth-order valence-corrected chi connectivity index (χ4v) is 5.01. The SMILES string of the molecule is COC(=O)c1scc(C)c1S(=O)(=O)NC1CCNC1.Cl. The maximum Gasteiger partial charge on any atom is 0.349 e. The monoisotopic (exact) mass is 340 g/mol. The van der Waals surface area contributed by atoms with Gasteiger partial charge >= 0.3 is 5.97 Å². The third kappa shape index (κ3) is 3.50. The quantitative estimate of drug-likeness (QED) is 0.796. The number of methoxy groups -OCH3 is 1. The molecular weight excluding hydrogens is 324 g/mol. The van der Waals surface area contributed by atoms with Crippen molar-refractivity contribution in [3.05, 3.63) is 15.8 Å². The van der Waals surface area contributed by atoms with Gasteiger partial charge in [-0.3, -0.25) is 0 Å². The van der Waals surface area contributed by atoms with Gasteiger partial charge in [-0.15, -0.1) is 23.7 Å². The number of thiophene rings is 1. The summed E-state index contributed by atoms with van der Waals surface area (Å²) in [5, 5.41) is 4.73. The van der Waals surface area contributed by atoms with Crippen molar-refractivity contribution in [1.29, 1.82) is 0 Å². The summed E-state index contributed by atoms with van der Waals surface area (Å²) in [5.41, 5.74) is 0.559.